The summed E-state index contributed by atoms with van der Waals surface area (Å²) in [4.78, 5) is 4.24. The molecule has 0 saturated carbocycles. The third-order valence-electron chi connectivity index (χ3n) is 3.85. The number of methoxy groups -OCH3 is 1. The molecule has 8 nitrogen and oxygen atoms in total. The molecule has 0 bridgehead atoms. The maximum atomic E-state index is 11.4. The van der Waals surface area contributed by atoms with Gasteiger partial charge in [-0.05, 0) is 36.8 Å². The van der Waals surface area contributed by atoms with Crippen molar-refractivity contribution in [2.45, 2.75) is 24.5 Å². The Morgan fingerprint density at radius 3 is 2.48 bits per heavy atom. The molecule has 29 heavy (non-hydrogen) atoms. The van der Waals surface area contributed by atoms with Crippen LogP contribution in [0, 0.1) is 0 Å². The van der Waals surface area contributed by atoms with Crippen molar-refractivity contribution in [3.63, 3.8) is 0 Å². The molecule has 160 valence electrons. The van der Waals surface area contributed by atoms with Crippen molar-refractivity contribution in [2.75, 3.05) is 20.7 Å². The van der Waals surface area contributed by atoms with E-state index >= 15 is 0 Å². The number of nitrogens with one attached hydrogen (secondary N) is 2. The molecule has 1 atom stereocenters. The first kappa shape index (κ1) is 25.0. The number of hydrogen-bond donors (Lipinski definition) is 3. The van der Waals surface area contributed by atoms with Gasteiger partial charge in [-0.3, -0.25) is 4.99 Å². The van der Waals surface area contributed by atoms with Gasteiger partial charge in [0.25, 0.3) is 0 Å². The fraction of sp³-hybridized carbons (Fsp3) is 0.316. The van der Waals surface area contributed by atoms with Crippen LogP contribution in [0.25, 0.3) is 0 Å². The van der Waals surface area contributed by atoms with Gasteiger partial charge in [0.05, 0.1) is 18.6 Å². The molecule has 0 aliphatic rings. The van der Waals surface area contributed by atoms with E-state index in [2.05, 4.69) is 15.6 Å². The quantitative estimate of drug-likeness (QED) is 0.272. The molecule has 0 aromatic heterocycles. The van der Waals surface area contributed by atoms with E-state index in [0.717, 1.165) is 17.1 Å². The minimum absolute atomic E-state index is 0. The summed E-state index contributed by atoms with van der Waals surface area (Å²) in [5.74, 6) is 2.02. The van der Waals surface area contributed by atoms with Crippen molar-refractivity contribution < 1.29 is 17.9 Å². The molecule has 0 fully saturated rings. The van der Waals surface area contributed by atoms with Crippen molar-refractivity contribution >= 4 is 40.0 Å². The SMILES string of the molecule is CN=C(NCc1cccc(S(N)(=O)=O)c1)NCC(C)Oc1cccc(OC)c1.I. The van der Waals surface area contributed by atoms with E-state index in [9.17, 15) is 8.42 Å². The van der Waals surface area contributed by atoms with Gasteiger partial charge in [0.15, 0.2) is 5.96 Å². The molecule has 2 rings (SSSR count). The number of aliphatic imine (C=N–C) groups is 1. The summed E-state index contributed by atoms with van der Waals surface area (Å²) in [6.45, 7) is 2.86. The predicted molar refractivity (Wildman–Crippen MR) is 125 cm³/mol. The summed E-state index contributed by atoms with van der Waals surface area (Å²) < 4.78 is 33.9. The lowest BCUT2D eigenvalue weighted by molar-refractivity contribution is 0.223. The van der Waals surface area contributed by atoms with Crippen LogP contribution in [0.1, 0.15) is 12.5 Å². The van der Waals surface area contributed by atoms with Crippen LogP contribution in [0.3, 0.4) is 0 Å². The van der Waals surface area contributed by atoms with Crippen molar-refractivity contribution in [3.05, 3.63) is 54.1 Å². The van der Waals surface area contributed by atoms with E-state index in [1.165, 1.54) is 12.1 Å². The Balaban J connectivity index is 0.00000420. The van der Waals surface area contributed by atoms with Gasteiger partial charge < -0.3 is 20.1 Å². The Labute approximate surface area is 189 Å². The van der Waals surface area contributed by atoms with Crippen LogP contribution in [-0.2, 0) is 16.6 Å². The first-order valence-electron chi connectivity index (χ1n) is 8.69. The van der Waals surface area contributed by atoms with E-state index in [-0.39, 0.29) is 35.0 Å². The van der Waals surface area contributed by atoms with Crippen LogP contribution in [0.5, 0.6) is 11.5 Å². The summed E-state index contributed by atoms with van der Waals surface area (Å²) in [6, 6.07) is 13.9. The van der Waals surface area contributed by atoms with Gasteiger partial charge in [-0.15, -0.1) is 24.0 Å². The number of ether oxygens (including phenoxy) is 2. The Hall–Kier alpha value is -2.05. The maximum absolute atomic E-state index is 11.4. The fourth-order valence-corrected chi connectivity index (χ4v) is 3.01. The van der Waals surface area contributed by atoms with Crippen molar-refractivity contribution in [2.24, 2.45) is 10.1 Å². The van der Waals surface area contributed by atoms with Crippen LogP contribution in [0.2, 0.25) is 0 Å². The largest absolute Gasteiger partial charge is 0.497 e. The van der Waals surface area contributed by atoms with Gasteiger partial charge in [-0.25, -0.2) is 13.6 Å². The highest BCUT2D eigenvalue weighted by Gasteiger charge is 2.09. The van der Waals surface area contributed by atoms with Gasteiger partial charge in [-0.1, -0.05) is 18.2 Å². The van der Waals surface area contributed by atoms with Crippen LogP contribution in [-0.4, -0.2) is 41.2 Å². The van der Waals surface area contributed by atoms with Crippen LogP contribution >= 0.6 is 24.0 Å². The molecule has 2 aromatic rings. The van der Waals surface area contributed by atoms with Gasteiger partial charge in [0, 0.05) is 19.7 Å². The minimum Gasteiger partial charge on any atom is -0.497 e. The van der Waals surface area contributed by atoms with E-state index in [1.54, 1.807) is 20.2 Å². The molecule has 4 N–H and O–H groups in total. The lowest BCUT2D eigenvalue weighted by atomic mass is 10.2. The molecule has 0 aliphatic carbocycles. The van der Waals surface area contributed by atoms with E-state index < -0.39 is 10.0 Å². The molecule has 0 spiro atoms. The van der Waals surface area contributed by atoms with Crippen molar-refractivity contribution in [1.82, 2.24) is 10.6 Å². The summed E-state index contributed by atoms with van der Waals surface area (Å²) in [5, 5.41) is 11.5. The average Bonchev–Trinajstić information content (AvgIpc) is 2.68. The second-order valence-corrected chi connectivity index (χ2v) is 7.67. The number of rotatable bonds is 8. The monoisotopic (exact) mass is 534 g/mol. The molecule has 1 unspecified atom stereocenters. The number of sulfonamides is 1. The number of hydrogen-bond acceptors (Lipinski definition) is 5. The van der Waals surface area contributed by atoms with Crippen LogP contribution < -0.4 is 25.2 Å². The van der Waals surface area contributed by atoms with Crippen LogP contribution in [0.15, 0.2) is 58.4 Å². The fourth-order valence-electron chi connectivity index (χ4n) is 2.43. The Morgan fingerprint density at radius 2 is 1.83 bits per heavy atom. The number of nitrogens with two attached hydrogens (primary N) is 1. The normalized spacial score (nSPS) is 12.5. The highest BCUT2D eigenvalue weighted by Crippen LogP contribution is 2.19. The predicted octanol–water partition coefficient (Wildman–Crippen LogP) is 2.09. The number of primary sulfonamides is 1. The van der Waals surface area contributed by atoms with Crippen molar-refractivity contribution in [3.8, 4) is 11.5 Å². The molecule has 0 heterocycles. The lowest BCUT2D eigenvalue weighted by Gasteiger charge is -2.18. The Morgan fingerprint density at radius 1 is 1.14 bits per heavy atom. The molecular weight excluding hydrogens is 507 g/mol. The minimum atomic E-state index is -3.72. The third-order valence-corrected chi connectivity index (χ3v) is 4.76. The highest BCUT2D eigenvalue weighted by atomic mass is 127. The van der Waals surface area contributed by atoms with E-state index in [4.69, 9.17) is 14.6 Å². The van der Waals surface area contributed by atoms with Gasteiger partial charge in [0.2, 0.25) is 10.0 Å². The second kappa shape index (κ2) is 11.8. The Bertz CT molecular complexity index is 922. The van der Waals surface area contributed by atoms with E-state index in [1.807, 2.05) is 37.3 Å². The number of guanidine groups is 1. The van der Waals surface area contributed by atoms with Gasteiger partial charge in [-0.2, -0.15) is 0 Å². The maximum Gasteiger partial charge on any atom is 0.238 e. The third kappa shape index (κ3) is 8.46. The topological polar surface area (TPSA) is 115 Å². The summed E-state index contributed by atoms with van der Waals surface area (Å²) in [5.41, 5.74) is 0.773. The zero-order valence-corrected chi connectivity index (χ0v) is 19.7. The molecule has 0 aliphatic heterocycles. The molecule has 0 saturated heterocycles. The van der Waals surface area contributed by atoms with Gasteiger partial charge in [0.1, 0.15) is 17.6 Å². The highest BCUT2D eigenvalue weighted by molar-refractivity contribution is 14.0. The summed E-state index contributed by atoms with van der Waals surface area (Å²) in [7, 11) is -0.459. The summed E-state index contributed by atoms with van der Waals surface area (Å²) in [6.07, 6.45) is -0.114. The molecule has 0 amide bonds. The average molecular weight is 534 g/mol. The molecule has 2 aromatic carbocycles. The second-order valence-electron chi connectivity index (χ2n) is 6.11. The summed E-state index contributed by atoms with van der Waals surface area (Å²) >= 11 is 0. The first-order valence-corrected chi connectivity index (χ1v) is 10.2. The van der Waals surface area contributed by atoms with Crippen molar-refractivity contribution in [1.29, 1.82) is 0 Å². The smallest absolute Gasteiger partial charge is 0.238 e. The Kier molecular flexibility index (Phi) is 10.2. The number of benzene rings is 2. The molecular formula is C19H27IN4O4S. The zero-order valence-electron chi connectivity index (χ0n) is 16.6. The molecule has 0 radical (unpaired) electrons. The number of halogens is 1. The van der Waals surface area contributed by atoms with Crippen LogP contribution in [0.4, 0.5) is 0 Å². The standard InChI is InChI=1S/C19H26N4O4S.HI/c1-14(27-17-8-5-7-16(11-17)26-3)12-22-19(21-2)23-13-15-6-4-9-18(10-15)28(20,24)25;/h4-11,14H,12-13H2,1-3H3,(H2,20,24,25)(H2,21,22,23);1H. The first-order chi connectivity index (χ1) is 13.3. The lowest BCUT2D eigenvalue weighted by Crippen LogP contribution is -2.41. The molecule has 10 heteroatoms. The number of nitrogens with zero attached hydrogens (tertiary/aromatic N) is 1. The van der Waals surface area contributed by atoms with Gasteiger partial charge >= 0.3 is 0 Å². The zero-order chi connectivity index (χ0) is 20.6. The van der Waals surface area contributed by atoms with E-state index in [0.29, 0.717) is 19.0 Å².